The van der Waals surface area contributed by atoms with Gasteiger partial charge in [-0.25, -0.2) is 9.97 Å². The van der Waals surface area contributed by atoms with Crippen molar-refractivity contribution in [3.8, 4) is 0 Å². The summed E-state index contributed by atoms with van der Waals surface area (Å²) in [6, 6.07) is 14.9. The number of nitro groups is 1. The summed E-state index contributed by atoms with van der Waals surface area (Å²) < 4.78 is 0. The molecule has 3 heterocycles. The average molecular weight is 494 g/mol. The smallest absolute Gasteiger partial charge is 0.311 e. The minimum Gasteiger partial charge on any atom is -1.00 e. The molecular weight excluding hydrogens is 473 g/mol. The Morgan fingerprint density at radius 1 is 1.09 bits per heavy atom. The van der Waals surface area contributed by atoms with E-state index >= 15 is 0 Å². The minimum atomic E-state index is -0.427. The average Bonchev–Trinajstić information content (AvgIpc) is 3.19. The summed E-state index contributed by atoms with van der Waals surface area (Å²) in [6.07, 6.45) is 3.72. The molecule has 0 unspecified atom stereocenters. The van der Waals surface area contributed by atoms with Crippen LogP contribution in [0.2, 0.25) is 0 Å². The maximum absolute atomic E-state index is 11.4. The first-order valence-corrected chi connectivity index (χ1v) is 10.4. The molecule has 1 aliphatic heterocycles. The van der Waals surface area contributed by atoms with Crippen LogP contribution in [0.3, 0.4) is 0 Å². The Morgan fingerprint density at radius 3 is 2.69 bits per heavy atom. The van der Waals surface area contributed by atoms with Crippen molar-refractivity contribution in [2.75, 3.05) is 22.9 Å². The Morgan fingerprint density at radius 2 is 1.94 bits per heavy atom. The van der Waals surface area contributed by atoms with Gasteiger partial charge in [0.25, 0.3) is 5.17 Å². The number of aromatic amines is 1. The van der Waals surface area contributed by atoms with E-state index in [1.165, 1.54) is 6.07 Å². The molecule has 0 radical (unpaired) electrons. The number of aliphatic imine (C=N–C) groups is 1. The van der Waals surface area contributed by atoms with Gasteiger partial charge in [-0.05, 0) is 30.0 Å². The molecule has 1 aromatic carbocycles. The first kappa shape index (κ1) is 25.3. The van der Waals surface area contributed by atoms with Gasteiger partial charge in [0.2, 0.25) is 5.82 Å². The maximum atomic E-state index is 11.4. The van der Waals surface area contributed by atoms with E-state index in [1.807, 2.05) is 54.1 Å². The lowest BCUT2D eigenvalue weighted by Gasteiger charge is -2.09. The highest BCUT2D eigenvalue weighted by Gasteiger charge is 2.19. The molecule has 12 heteroatoms. The van der Waals surface area contributed by atoms with Crippen LogP contribution in [0.5, 0.6) is 0 Å². The summed E-state index contributed by atoms with van der Waals surface area (Å²) >= 11 is 1.60. The van der Waals surface area contributed by atoms with Crippen LogP contribution >= 0.6 is 11.8 Å². The van der Waals surface area contributed by atoms with Gasteiger partial charge < -0.3 is 35.4 Å². The monoisotopic (exact) mass is 493 g/mol. The van der Waals surface area contributed by atoms with Crippen molar-refractivity contribution >= 4 is 45.6 Å². The zero-order chi connectivity index (χ0) is 20.8. The van der Waals surface area contributed by atoms with E-state index in [4.69, 9.17) is 0 Å². The standard InChI is InChI=1S/C20H19N7O2S.2ClH/c28-27(29)17-7-8-18(23-13-14-4-3-9-21-12-14)26-19(17)22-10-11-30-20-24-15-5-1-2-6-16(15)25-20;;/h1-9,12H,10-11,13H2,(H,24,25)(H2,22,23,26);2*1H. The Kier molecular flexibility index (Phi) is 9.66. The molecule has 0 fully saturated rings. The molecule has 5 N–H and O–H groups in total. The lowest BCUT2D eigenvalue weighted by Crippen LogP contribution is -3.00. The van der Waals surface area contributed by atoms with Crippen LogP contribution in [0.15, 0.2) is 65.9 Å². The molecule has 1 aliphatic rings. The van der Waals surface area contributed by atoms with Crippen molar-refractivity contribution in [2.24, 2.45) is 4.99 Å². The number of halogens is 2. The number of fused-ring (bicyclic) bond motifs is 1. The fraction of sp³-hybridized carbons (Fsp3) is 0.150. The highest BCUT2D eigenvalue weighted by molar-refractivity contribution is 8.13. The Hall–Kier alpha value is -2.92. The molecule has 2 aromatic heterocycles. The number of nitrogens with one attached hydrogen (secondary N) is 3. The summed E-state index contributed by atoms with van der Waals surface area (Å²) in [5, 5.41) is 20.6. The molecule has 0 amide bonds. The highest BCUT2D eigenvalue weighted by Crippen LogP contribution is 2.26. The van der Waals surface area contributed by atoms with Crippen molar-refractivity contribution in [2.45, 2.75) is 6.54 Å². The molecule has 3 aromatic rings. The van der Waals surface area contributed by atoms with E-state index in [2.05, 4.69) is 25.6 Å². The summed E-state index contributed by atoms with van der Waals surface area (Å²) in [4.78, 5) is 22.9. The van der Waals surface area contributed by atoms with E-state index in [1.54, 1.807) is 17.8 Å². The number of pyridine rings is 2. The first-order valence-electron chi connectivity index (χ1n) is 9.42. The lowest BCUT2D eigenvalue weighted by molar-refractivity contribution is -0.432. The van der Waals surface area contributed by atoms with Gasteiger partial charge in [0.15, 0.2) is 18.1 Å². The number of aromatic nitrogens is 2. The number of quaternary nitrogens is 1. The number of thioether (sulfide) groups is 1. The van der Waals surface area contributed by atoms with Crippen LogP contribution in [-0.2, 0) is 6.54 Å². The summed E-state index contributed by atoms with van der Waals surface area (Å²) in [5.74, 6) is 1.54. The second kappa shape index (κ2) is 12.2. The van der Waals surface area contributed by atoms with E-state index in [-0.39, 0.29) is 36.3 Å². The van der Waals surface area contributed by atoms with Crippen LogP contribution in [0.1, 0.15) is 5.56 Å². The fourth-order valence-electron chi connectivity index (χ4n) is 2.96. The van der Waals surface area contributed by atoms with Crippen LogP contribution in [0.4, 0.5) is 28.7 Å². The molecule has 32 heavy (non-hydrogen) atoms. The summed E-state index contributed by atoms with van der Waals surface area (Å²) in [7, 11) is 0. The van der Waals surface area contributed by atoms with Gasteiger partial charge in [0, 0.05) is 42.6 Å². The lowest BCUT2D eigenvalue weighted by atomic mass is 10.3. The van der Waals surface area contributed by atoms with Crippen LogP contribution < -0.4 is 45.7 Å². The fourth-order valence-corrected chi connectivity index (χ4v) is 3.74. The third-order valence-electron chi connectivity index (χ3n) is 4.41. The Bertz CT molecular complexity index is 1090. The van der Waals surface area contributed by atoms with Crippen molar-refractivity contribution in [1.29, 1.82) is 0 Å². The van der Waals surface area contributed by atoms with Gasteiger partial charge in [0.05, 0.1) is 4.92 Å². The second-order valence-electron chi connectivity index (χ2n) is 6.52. The number of nitrogens with two attached hydrogens (primary N) is 1. The third-order valence-corrected chi connectivity index (χ3v) is 5.32. The maximum Gasteiger partial charge on any atom is 0.311 e. The van der Waals surface area contributed by atoms with Gasteiger partial charge in [-0.15, -0.1) is 0 Å². The van der Waals surface area contributed by atoms with E-state index in [0.29, 0.717) is 24.7 Å². The third kappa shape index (κ3) is 6.54. The van der Waals surface area contributed by atoms with Crippen molar-refractivity contribution in [3.05, 3.63) is 76.6 Å². The minimum absolute atomic E-state index is 0. The van der Waals surface area contributed by atoms with Crippen LogP contribution in [0.25, 0.3) is 0 Å². The number of benzene rings is 1. The van der Waals surface area contributed by atoms with Gasteiger partial charge in [-0.3, -0.25) is 15.4 Å². The summed E-state index contributed by atoms with van der Waals surface area (Å²) in [6.45, 7) is 1.09. The topological polar surface area (TPSA) is 123 Å². The molecule has 0 aliphatic carbocycles. The Balaban J connectivity index is 0.00000181. The number of nitrogens with zero attached hydrogens (tertiary/aromatic N) is 3. The van der Waals surface area contributed by atoms with Crippen molar-refractivity contribution in [1.82, 2.24) is 4.98 Å². The number of amidine groups is 1. The van der Waals surface area contributed by atoms with E-state index in [9.17, 15) is 10.1 Å². The predicted molar refractivity (Wildman–Crippen MR) is 117 cm³/mol. The molecule has 0 spiro atoms. The number of hydrogen-bond acceptors (Lipinski definition) is 7. The van der Waals surface area contributed by atoms with Crippen molar-refractivity contribution in [3.63, 3.8) is 0 Å². The highest BCUT2D eigenvalue weighted by atomic mass is 35.5. The molecule has 0 bridgehead atoms. The van der Waals surface area contributed by atoms with Crippen LogP contribution in [-0.4, -0.2) is 27.4 Å². The van der Waals surface area contributed by atoms with Gasteiger partial charge in [-0.1, -0.05) is 12.1 Å². The molecular formula is C20H21Cl2N7O2S. The molecule has 0 atom stereocenters. The quantitative estimate of drug-likeness (QED) is 0.129. The largest absolute Gasteiger partial charge is 1.00 e. The normalized spacial score (nSPS) is 11.4. The summed E-state index contributed by atoms with van der Waals surface area (Å²) in [5.41, 5.74) is 3.09. The SMILES string of the molecule is O=[N+]([O-])c1ccc(NCc2ccc[nH+]c2)nc1NCCSC1=Nc2ccccc2[NH2+]1.[Cl-].[Cl-]. The second-order valence-corrected chi connectivity index (χ2v) is 7.63. The van der Waals surface area contributed by atoms with E-state index in [0.717, 1.165) is 22.1 Å². The number of para-hydroxylation sites is 2. The first-order chi connectivity index (χ1) is 14.7. The number of hydrogen-bond donors (Lipinski definition) is 3. The van der Waals surface area contributed by atoms with Gasteiger partial charge >= 0.3 is 5.69 Å². The Labute approximate surface area is 201 Å². The van der Waals surface area contributed by atoms with Gasteiger partial charge in [0.1, 0.15) is 11.5 Å². The molecule has 0 saturated heterocycles. The number of H-pyrrole nitrogens is 1. The van der Waals surface area contributed by atoms with E-state index < -0.39 is 4.92 Å². The predicted octanol–water partition coefficient (Wildman–Crippen LogP) is -3.53. The zero-order valence-electron chi connectivity index (χ0n) is 16.8. The number of anilines is 2. The molecule has 0 saturated carbocycles. The van der Waals surface area contributed by atoms with Gasteiger partial charge in [-0.2, -0.15) is 4.99 Å². The van der Waals surface area contributed by atoms with Crippen molar-refractivity contribution < 1.29 is 40.0 Å². The van der Waals surface area contributed by atoms with Crippen LogP contribution in [0, 0.1) is 10.1 Å². The number of rotatable bonds is 8. The molecule has 4 rings (SSSR count). The molecule has 9 nitrogen and oxygen atoms in total. The molecule has 168 valence electrons. The zero-order valence-corrected chi connectivity index (χ0v) is 19.1.